The van der Waals surface area contributed by atoms with Crippen LogP contribution in [0.4, 0.5) is 26.3 Å². The lowest BCUT2D eigenvalue weighted by Crippen LogP contribution is -2.15. The Morgan fingerprint density at radius 1 is 0.409 bits per heavy atom. The van der Waals surface area contributed by atoms with E-state index in [0.717, 1.165) is 68.3 Å². The maximum atomic E-state index is 14.7. The van der Waals surface area contributed by atoms with Gasteiger partial charge in [0.1, 0.15) is 0 Å². The molecule has 0 spiro atoms. The monoisotopic (exact) mass is 878 g/mol. The maximum Gasteiger partial charge on any atom is 0.416 e. The first-order chi connectivity index (χ1) is 31.8. The SMILES string of the molecule is CC1(C)c2ccccc2-c2ccc3c(c21)c1ccccc1n3-c1c(-c2cccc(C(F)(F)F)c2)cc(-c2nc(-c3ccccc3)nc(-c3ccccc3)n2)cc1-c1cccc(C(F)(F)F)c1. The van der Waals surface area contributed by atoms with Gasteiger partial charge in [0.05, 0.1) is 27.8 Å². The second-order valence-electron chi connectivity index (χ2n) is 17.0. The third kappa shape index (κ3) is 6.74. The zero-order valence-corrected chi connectivity index (χ0v) is 35.4. The summed E-state index contributed by atoms with van der Waals surface area (Å²) < 4.78 is 90.2. The Kier molecular flexibility index (Phi) is 9.37. The lowest BCUT2D eigenvalue weighted by Gasteiger charge is -2.23. The van der Waals surface area contributed by atoms with Crippen molar-refractivity contribution in [3.63, 3.8) is 0 Å². The predicted octanol–water partition coefficient (Wildman–Crippen LogP) is 15.6. The molecule has 0 amide bonds. The van der Waals surface area contributed by atoms with Crippen molar-refractivity contribution >= 4 is 21.8 Å². The summed E-state index contributed by atoms with van der Waals surface area (Å²) in [5.41, 5.74) is 6.80. The number of para-hydroxylation sites is 1. The molecule has 0 atom stereocenters. The molecule has 0 fully saturated rings. The van der Waals surface area contributed by atoms with E-state index >= 15 is 0 Å². The first kappa shape index (κ1) is 40.9. The van der Waals surface area contributed by atoms with E-state index in [9.17, 15) is 26.3 Å². The fourth-order valence-corrected chi connectivity index (χ4v) is 9.68. The fourth-order valence-electron chi connectivity index (χ4n) is 9.68. The first-order valence-electron chi connectivity index (χ1n) is 21.3. The highest BCUT2D eigenvalue weighted by Crippen LogP contribution is 2.54. The Bertz CT molecular complexity index is 3400. The van der Waals surface area contributed by atoms with Crippen molar-refractivity contribution in [1.29, 1.82) is 0 Å². The number of hydrogen-bond acceptors (Lipinski definition) is 3. The van der Waals surface area contributed by atoms with Gasteiger partial charge in [-0.25, -0.2) is 15.0 Å². The van der Waals surface area contributed by atoms with Crippen LogP contribution < -0.4 is 0 Å². The van der Waals surface area contributed by atoms with Gasteiger partial charge in [-0.1, -0.05) is 147 Å². The molecule has 0 saturated heterocycles. The molecule has 4 nitrogen and oxygen atoms in total. The summed E-state index contributed by atoms with van der Waals surface area (Å²) in [5, 5.41) is 1.83. The van der Waals surface area contributed by atoms with Crippen LogP contribution in [0.5, 0.6) is 0 Å². The number of rotatable bonds is 6. The van der Waals surface area contributed by atoms with Crippen molar-refractivity contribution in [3.8, 4) is 73.2 Å². The summed E-state index contributed by atoms with van der Waals surface area (Å²) in [6, 6.07) is 52.3. The van der Waals surface area contributed by atoms with Crippen LogP contribution in [-0.4, -0.2) is 19.5 Å². The zero-order valence-electron chi connectivity index (χ0n) is 35.4. The maximum absolute atomic E-state index is 14.7. The van der Waals surface area contributed by atoms with Crippen molar-refractivity contribution in [3.05, 3.63) is 204 Å². The van der Waals surface area contributed by atoms with Crippen LogP contribution in [0.25, 0.3) is 95.0 Å². The molecule has 0 N–H and O–H groups in total. The summed E-state index contributed by atoms with van der Waals surface area (Å²) in [6.07, 6.45) is -9.40. The van der Waals surface area contributed by atoms with Crippen molar-refractivity contribution < 1.29 is 26.3 Å². The van der Waals surface area contributed by atoms with E-state index in [2.05, 4.69) is 32.0 Å². The van der Waals surface area contributed by atoms with Gasteiger partial charge in [0.15, 0.2) is 17.5 Å². The molecule has 0 aliphatic heterocycles. The van der Waals surface area contributed by atoms with Crippen LogP contribution in [0.3, 0.4) is 0 Å². The van der Waals surface area contributed by atoms with Crippen LogP contribution in [0.15, 0.2) is 182 Å². The van der Waals surface area contributed by atoms with E-state index in [1.54, 1.807) is 24.3 Å². The zero-order chi connectivity index (χ0) is 45.5. The second kappa shape index (κ2) is 15.1. The number of aromatic nitrogens is 4. The Labute approximate surface area is 375 Å². The highest BCUT2D eigenvalue weighted by atomic mass is 19.4. The molecule has 10 heteroatoms. The van der Waals surface area contributed by atoms with Crippen molar-refractivity contribution in [2.24, 2.45) is 0 Å². The van der Waals surface area contributed by atoms with Crippen LogP contribution >= 0.6 is 0 Å². The molecule has 1 aliphatic rings. The van der Waals surface area contributed by atoms with Crippen LogP contribution in [0.1, 0.15) is 36.1 Å². The van der Waals surface area contributed by atoms with Gasteiger partial charge in [-0.05, 0) is 81.9 Å². The lowest BCUT2D eigenvalue weighted by atomic mass is 9.80. The Morgan fingerprint density at radius 3 is 1.45 bits per heavy atom. The minimum Gasteiger partial charge on any atom is -0.308 e. The van der Waals surface area contributed by atoms with Gasteiger partial charge in [-0.3, -0.25) is 0 Å². The molecule has 8 aromatic carbocycles. The van der Waals surface area contributed by atoms with Crippen molar-refractivity contribution in [2.75, 3.05) is 0 Å². The number of benzene rings is 8. The number of hydrogen-bond donors (Lipinski definition) is 0. The van der Waals surface area contributed by atoms with E-state index in [1.807, 2.05) is 108 Å². The highest BCUT2D eigenvalue weighted by molar-refractivity contribution is 6.15. The van der Waals surface area contributed by atoms with E-state index in [0.29, 0.717) is 45.2 Å². The van der Waals surface area contributed by atoms with Crippen LogP contribution in [-0.2, 0) is 17.8 Å². The molecule has 2 heterocycles. The third-order valence-corrected chi connectivity index (χ3v) is 12.6. The normalized spacial score (nSPS) is 13.3. The van der Waals surface area contributed by atoms with Gasteiger partial charge in [0.2, 0.25) is 0 Å². The molecule has 0 bridgehead atoms. The quantitative estimate of drug-likeness (QED) is 0.156. The molecule has 322 valence electrons. The third-order valence-electron chi connectivity index (χ3n) is 12.6. The standard InChI is InChI=1S/C56H36F6N4/c1-54(2)45-25-11-9-23-40(45)41-27-28-47-48(49(41)54)42-24-10-12-26-46(42)66(47)50-43(35-19-13-21-38(29-35)55(57,58)59)31-37(32-44(50)36-20-14-22-39(30-36)56(60,61)62)53-64-51(33-15-5-3-6-16-33)63-52(65-53)34-17-7-4-8-18-34/h3-32H,1-2H3. The minimum atomic E-state index is -4.70. The van der Waals surface area contributed by atoms with Gasteiger partial charge >= 0.3 is 12.4 Å². The lowest BCUT2D eigenvalue weighted by molar-refractivity contribution is -0.138. The van der Waals surface area contributed by atoms with Crippen molar-refractivity contribution in [2.45, 2.75) is 31.6 Å². The topological polar surface area (TPSA) is 43.6 Å². The second-order valence-corrected chi connectivity index (χ2v) is 17.0. The summed E-state index contributed by atoms with van der Waals surface area (Å²) in [4.78, 5) is 14.8. The van der Waals surface area contributed by atoms with Crippen LogP contribution in [0.2, 0.25) is 0 Å². The average molecular weight is 879 g/mol. The molecule has 11 rings (SSSR count). The largest absolute Gasteiger partial charge is 0.416 e. The molecular weight excluding hydrogens is 843 g/mol. The molecule has 0 saturated carbocycles. The number of halogens is 6. The highest BCUT2D eigenvalue weighted by Gasteiger charge is 2.39. The molecule has 1 aliphatic carbocycles. The summed E-state index contributed by atoms with van der Waals surface area (Å²) >= 11 is 0. The van der Waals surface area contributed by atoms with Gasteiger partial charge in [-0.15, -0.1) is 0 Å². The van der Waals surface area contributed by atoms with Crippen molar-refractivity contribution in [1.82, 2.24) is 19.5 Å². The van der Waals surface area contributed by atoms with Gasteiger partial charge in [0, 0.05) is 44.0 Å². The van der Waals surface area contributed by atoms with E-state index in [4.69, 9.17) is 15.0 Å². The Hall–Kier alpha value is -7.85. The fraction of sp³-hybridized carbons (Fsp3) is 0.0893. The van der Waals surface area contributed by atoms with E-state index < -0.39 is 28.9 Å². The number of alkyl halides is 6. The minimum absolute atomic E-state index is 0.176. The Morgan fingerprint density at radius 2 is 0.894 bits per heavy atom. The molecule has 66 heavy (non-hydrogen) atoms. The molecular formula is C56H36F6N4. The predicted molar refractivity (Wildman–Crippen MR) is 249 cm³/mol. The summed E-state index contributed by atoms with van der Waals surface area (Å²) in [6.45, 7) is 4.37. The summed E-state index contributed by atoms with van der Waals surface area (Å²) in [7, 11) is 0. The van der Waals surface area contributed by atoms with Crippen LogP contribution in [0, 0.1) is 0 Å². The molecule has 0 radical (unpaired) electrons. The Balaban J connectivity index is 1.30. The molecule has 10 aromatic rings. The van der Waals surface area contributed by atoms with E-state index in [1.165, 1.54) is 12.1 Å². The summed E-state index contributed by atoms with van der Waals surface area (Å²) in [5.74, 6) is 0.851. The number of fused-ring (bicyclic) bond motifs is 7. The first-order valence-corrected chi connectivity index (χ1v) is 21.3. The molecule has 0 unspecified atom stereocenters. The van der Waals surface area contributed by atoms with Gasteiger partial charge < -0.3 is 4.57 Å². The average Bonchev–Trinajstić information content (AvgIpc) is 3.79. The van der Waals surface area contributed by atoms with Gasteiger partial charge in [0.25, 0.3) is 0 Å². The number of nitrogens with zero attached hydrogens (tertiary/aromatic N) is 4. The smallest absolute Gasteiger partial charge is 0.308 e. The molecule has 2 aromatic heterocycles. The van der Waals surface area contributed by atoms with E-state index in [-0.39, 0.29) is 17.0 Å². The van der Waals surface area contributed by atoms with Gasteiger partial charge in [-0.2, -0.15) is 26.3 Å².